The SMILES string of the molecule is O=C(c1cc(F)ccc1Cl)N1CCN2[C@@H](COC[C@@H]2C2CC2)C1. The molecular weight excluding hydrogens is 319 g/mol. The largest absolute Gasteiger partial charge is 0.378 e. The summed E-state index contributed by atoms with van der Waals surface area (Å²) >= 11 is 6.07. The Hall–Kier alpha value is -1.17. The Balaban J connectivity index is 1.49. The van der Waals surface area contributed by atoms with Crippen molar-refractivity contribution in [1.82, 2.24) is 9.80 Å². The molecule has 0 spiro atoms. The van der Waals surface area contributed by atoms with E-state index in [2.05, 4.69) is 4.90 Å². The van der Waals surface area contributed by atoms with Crippen molar-refractivity contribution in [2.75, 3.05) is 32.8 Å². The van der Waals surface area contributed by atoms with E-state index in [0.717, 1.165) is 19.1 Å². The van der Waals surface area contributed by atoms with Crippen LogP contribution >= 0.6 is 11.6 Å². The minimum Gasteiger partial charge on any atom is -0.378 e. The van der Waals surface area contributed by atoms with Gasteiger partial charge in [0.25, 0.3) is 5.91 Å². The van der Waals surface area contributed by atoms with Crippen molar-refractivity contribution in [1.29, 1.82) is 0 Å². The number of morpholine rings is 1. The van der Waals surface area contributed by atoms with Gasteiger partial charge in [0.15, 0.2) is 0 Å². The molecule has 2 saturated heterocycles. The number of hydrogen-bond acceptors (Lipinski definition) is 3. The van der Waals surface area contributed by atoms with Crippen LogP contribution in [0.4, 0.5) is 4.39 Å². The monoisotopic (exact) mass is 338 g/mol. The van der Waals surface area contributed by atoms with Gasteiger partial charge in [-0.1, -0.05) is 11.6 Å². The van der Waals surface area contributed by atoms with Gasteiger partial charge >= 0.3 is 0 Å². The molecule has 0 aromatic heterocycles. The number of carbonyl (C=O) groups excluding carboxylic acids is 1. The van der Waals surface area contributed by atoms with Crippen LogP contribution in [0.1, 0.15) is 23.2 Å². The number of fused-ring (bicyclic) bond motifs is 1. The molecule has 3 fully saturated rings. The molecule has 0 bridgehead atoms. The molecule has 2 heterocycles. The summed E-state index contributed by atoms with van der Waals surface area (Å²) < 4.78 is 19.2. The minimum atomic E-state index is -0.439. The molecule has 2 atom stereocenters. The van der Waals surface area contributed by atoms with Gasteiger partial charge in [-0.15, -0.1) is 0 Å². The summed E-state index contributed by atoms with van der Waals surface area (Å²) in [4.78, 5) is 17.0. The van der Waals surface area contributed by atoms with E-state index in [-0.39, 0.29) is 17.5 Å². The molecule has 1 aromatic carbocycles. The van der Waals surface area contributed by atoms with Crippen LogP contribution in [-0.2, 0) is 4.74 Å². The summed E-state index contributed by atoms with van der Waals surface area (Å²) in [6, 6.07) is 4.67. The lowest BCUT2D eigenvalue weighted by Gasteiger charge is -2.48. The Morgan fingerprint density at radius 3 is 2.87 bits per heavy atom. The van der Waals surface area contributed by atoms with Crippen molar-refractivity contribution in [2.24, 2.45) is 5.92 Å². The van der Waals surface area contributed by atoms with Gasteiger partial charge in [0.2, 0.25) is 0 Å². The highest BCUT2D eigenvalue weighted by Crippen LogP contribution is 2.38. The smallest absolute Gasteiger partial charge is 0.255 e. The number of rotatable bonds is 2. The zero-order valence-corrected chi connectivity index (χ0v) is 13.6. The number of nitrogens with zero attached hydrogens (tertiary/aromatic N) is 2. The molecule has 0 unspecified atom stereocenters. The molecular formula is C17H20ClFN2O2. The van der Waals surface area contributed by atoms with Crippen molar-refractivity contribution >= 4 is 17.5 Å². The first-order valence-corrected chi connectivity index (χ1v) is 8.59. The molecule has 4 rings (SSSR count). The predicted octanol–water partition coefficient (Wildman–Crippen LogP) is 2.41. The van der Waals surface area contributed by atoms with Gasteiger partial charge in [0.05, 0.1) is 29.8 Å². The maximum atomic E-state index is 13.4. The van der Waals surface area contributed by atoms with Crippen molar-refractivity contribution < 1.29 is 13.9 Å². The Morgan fingerprint density at radius 1 is 1.26 bits per heavy atom. The quantitative estimate of drug-likeness (QED) is 0.830. The third-order valence-electron chi connectivity index (χ3n) is 5.17. The molecule has 0 radical (unpaired) electrons. The Labute approximate surface area is 140 Å². The fraction of sp³-hybridized carbons (Fsp3) is 0.588. The van der Waals surface area contributed by atoms with E-state index in [1.54, 1.807) is 4.90 Å². The molecule has 1 amide bonds. The van der Waals surface area contributed by atoms with Crippen molar-refractivity contribution in [3.8, 4) is 0 Å². The lowest BCUT2D eigenvalue weighted by Crippen LogP contribution is -2.63. The molecule has 23 heavy (non-hydrogen) atoms. The fourth-order valence-electron chi connectivity index (χ4n) is 3.78. The molecule has 0 N–H and O–H groups in total. The Kier molecular flexibility index (Phi) is 4.03. The molecule has 1 saturated carbocycles. The summed E-state index contributed by atoms with van der Waals surface area (Å²) in [5.41, 5.74) is 0.246. The maximum Gasteiger partial charge on any atom is 0.255 e. The first kappa shape index (κ1) is 15.4. The summed E-state index contributed by atoms with van der Waals surface area (Å²) in [7, 11) is 0. The predicted molar refractivity (Wildman–Crippen MR) is 85.1 cm³/mol. The first-order valence-electron chi connectivity index (χ1n) is 8.21. The highest BCUT2D eigenvalue weighted by atomic mass is 35.5. The molecule has 124 valence electrons. The van der Waals surface area contributed by atoms with Crippen molar-refractivity contribution in [3.63, 3.8) is 0 Å². The topological polar surface area (TPSA) is 32.8 Å². The zero-order valence-electron chi connectivity index (χ0n) is 12.9. The van der Waals surface area contributed by atoms with Gasteiger partial charge in [-0.05, 0) is 37.0 Å². The number of ether oxygens (including phenoxy) is 1. The second-order valence-corrected chi connectivity index (χ2v) is 7.12. The van der Waals surface area contributed by atoms with Gasteiger partial charge in [-0.3, -0.25) is 9.69 Å². The summed E-state index contributed by atoms with van der Waals surface area (Å²) in [5.74, 6) is 0.131. The summed E-state index contributed by atoms with van der Waals surface area (Å²) in [6.07, 6.45) is 2.58. The third-order valence-corrected chi connectivity index (χ3v) is 5.49. The molecule has 1 aliphatic carbocycles. The van der Waals surface area contributed by atoms with E-state index in [1.807, 2.05) is 0 Å². The Morgan fingerprint density at radius 2 is 2.09 bits per heavy atom. The van der Waals surface area contributed by atoms with E-state index in [1.165, 1.54) is 31.0 Å². The number of benzene rings is 1. The normalized spacial score (nSPS) is 28.5. The van der Waals surface area contributed by atoms with E-state index >= 15 is 0 Å². The van der Waals surface area contributed by atoms with E-state index in [4.69, 9.17) is 16.3 Å². The Bertz CT molecular complexity index is 623. The lowest BCUT2D eigenvalue weighted by molar-refractivity contribution is -0.0816. The average molecular weight is 339 g/mol. The molecule has 3 aliphatic rings. The molecule has 2 aliphatic heterocycles. The van der Waals surface area contributed by atoms with Crippen molar-refractivity contribution in [2.45, 2.75) is 24.9 Å². The van der Waals surface area contributed by atoms with E-state index in [9.17, 15) is 9.18 Å². The third kappa shape index (κ3) is 2.97. The van der Waals surface area contributed by atoms with Gasteiger partial charge in [-0.2, -0.15) is 0 Å². The van der Waals surface area contributed by atoms with Crippen LogP contribution in [0.3, 0.4) is 0 Å². The number of hydrogen-bond donors (Lipinski definition) is 0. The minimum absolute atomic E-state index is 0.192. The highest BCUT2D eigenvalue weighted by molar-refractivity contribution is 6.33. The average Bonchev–Trinajstić information content (AvgIpc) is 3.40. The second-order valence-electron chi connectivity index (χ2n) is 6.71. The first-order chi connectivity index (χ1) is 11.1. The zero-order chi connectivity index (χ0) is 16.0. The highest BCUT2D eigenvalue weighted by Gasteiger charge is 2.43. The van der Waals surface area contributed by atoms with Crippen LogP contribution in [0.2, 0.25) is 5.02 Å². The molecule has 1 aromatic rings. The molecule has 6 heteroatoms. The number of piperazine rings is 1. The van der Waals surface area contributed by atoms with Gasteiger partial charge < -0.3 is 9.64 Å². The van der Waals surface area contributed by atoms with Gasteiger partial charge in [0.1, 0.15) is 5.82 Å². The van der Waals surface area contributed by atoms with Crippen LogP contribution < -0.4 is 0 Å². The van der Waals surface area contributed by atoms with Gasteiger partial charge in [-0.25, -0.2) is 4.39 Å². The van der Waals surface area contributed by atoms with Crippen molar-refractivity contribution in [3.05, 3.63) is 34.6 Å². The summed E-state index contributed by atoms with van der Waals surface area (Å²) in [6.45, 7) is 3.60. The van der Waals surface area contributed by atoms with Crippen LogP contribution in [0, 0.1) is 11.7 Å². The summed E-state index contributed by atoms with van der Waals surface area (Å²) in [5, 5.41) is 0.301. The molecule has 4 nitrogen and oxygen atoms in total. The fourth-order valence-corrected chi connectivity index (χ4v) is 3.98. The second kappa shape index (κ2) is 6.04. The van der Waals surface area contributed by atoms with Crippen LogP contribution in [0.25, 0.3) is 0 Å². The maximum absolute atomic E-state index is 13.4. The standard InChI is InChI=1S/C17H20ClFN2O2/c18-15-4-3-12(19)7-14(15)17(22)20-5-6-21-13(8-20)9-23-10-16(21)11-1-2-11/h3-4,7,11,13,16H,1-2,5-6,8-10H2/t13-,16-/m1/s1. The number of carbonyl (C=O) groups is 1. The number of amides is 1. The van der Waals surface area contributed by atoms with Crippen LogP contribution in [0.5, 0.6) is 0 Å². The lowest BCUT2D eigenvalue weighted by atomic mass is 10.0. The van der Waals surface area contributed by atoms with Crippen LogP contribution in [-0.4, -0.2) is 60.6 Å². The number of halogens is 2. The van der Waals surface area contributed by atoms with E-state index in [0.29, 0.717) is 30.8 Å². The van der Waals surface area contributed by atoms with E-state index < -0.39 is 5.82 Å². The van der Waals surface area contributed by atoms with Gasteiger partial charge in [0, 0.05) is 25.7 Å². The van der Waals surface area contributed by atoms with Crippen LogP contribution in [0.15, 0.2) is 18.2 Å².